The van der Waals surface area contributed by atoms with E-state index in [1.54, 1.807) is 30.3 Å². The van der Waals surface area contributed by atoms with E-state index < -0.39 is 0 Å². The van der Waals surface area contributed by atoms with Crippen molar-refractivity contribution in [1.82, 2.24) is 19.4 Å². The van der Waals surface area contributed by atoms with E-state index in [1.165, 1.54) is 22.4 Å². The van der Waals surface area contributed by atoms with Crippen LogP contribution in [0.15, 0.2) is 51.3 Å². The number of fused-ring (bicyclic) bond motifs is 4. The molecule has 7 heteroatoms. The fraction of sp³-hybridized carbons (Fsp3) is 0.0667. The zero-order chi connectivity index (χ0) is 15.3. The number of hydrogen-bond acceptors (Lipinski definition) is 5. The zero-order valence-electron chi connectivity index (χ0n) is 11.5. The Morgan fingerprint density at radius 1 is 1.18 bits per heavy atom. The molecule has 3 aromatic heterocycles. The Labute approximate surface area is 127 Å². The summed E-state index contributed by atoms with van der Waals surface area (Å²) in [6.07, 6.45) is 3.40. The van der Waals surface area contributed by atoms with Crippen LogP contribution >= 0.6 is 11.8 Å². The van der Waals surface area contributed by atoms with Crippen LogP contribution in [0.2, 0.25) is 0 Å². The van der Waals surface area contributed by atoms with Gasteiger partial charge in [0, 0.05) is 12.3 Å². The van der Waals surface area contributed by atoms with E-state index in [9.17, 15) is 9.59 Å². The summed E-state index contributed by atoms with van der Waals surface area (Å²) in [5.41, 5.74) is 1.05. The van der Waals surface area contributed by atoms with Gasteiger partial charge in [0.15, 0.2) is 5.16 Å². The number of H-pyrrole nitrogens is 1. The van der Waals surface area contributed by atoms with Gasteiger partial charge in [0.2, 0.25) is 0 Å². The molecule has 0 aliphatic heterocycles. The first-order valence-electron chi connectivity index (χ1n) is 6.56. The summed E-state index contributed by atoms with van der Waals surface area (Å²) in [4.78, 5) is 36.2. The van der Waals surface area contributed by atoms with Gasteiger partial charge in [-0.3, -0.25) is 14.0 Å². The molecular weight excluding hydrogens is 300 g/mol. The van der Waals surface area contributed by atoms with Gasteiger partial charge in [-0.15, -0.1) is 0 Å². The normalized spacial score (nSPS) is 11.5. The molecule has 1 N–H and O–H groups in total. The van der Waals surface area contributed by atoms with Gasteiger partial charge in [0.25, 0.3) is 11.1 Å². The maximum absolute atomic E-state index is 12.8. The minimum Gasteiger partial charge on any atom is -0.307 e. The van der Waals surface area contributed by atoms with Crippen LogP contribution in [0.4, 0.5) is 0 Å². The van der Waals surface area contributed by atoms with Crippen molar-refractivity contribution in [3.63, 3.8) is 0 Å². The highest BCUT2D eigenvalue weighted by Gasteiger charge is 2.11. The molecule has 0 amide bonds. The Balaban J connectivity index is 2.30. The number of nitrogens with zero attached hydrogens (tertiary/aromatic N) is 3. The molecule has 3 heterocycles. The van der Waals surface area contributed by atoms with Gasteiger partial charge in [-0.1, -0.05) is 23.9 Å². The van der Waals surface area contributed by atoms with Gasteiger partial charge in [0.05, 0.1) is 21.8 Å². The number of aromatic amines is 1. The Morgan fingerprint density at radius 2 is 2.00 bits per heavy atom. The van der Waals surface area contributed by atoms with Gasteiger partial charge < -0.3 is 4.98 Å². The van der Waals surface area contributed by atoms with E-state index in [4.69, 9.17) is 0 Å². The van der Waals surface area contributed by atoms with Crippen molar-refractivity contribution in [2.45, 2.75) is 5.16 Å². The number of benzene rings is 1. The summed E-state index contributed by atoms with van der Waals surface area (Å²) in [5.74, 6) is 0. The van der Waals surface area contributed by atoms with Gasteiger partial charge in [0.1, 0.15) is 5.65 Å². The van der Waals surface area contributed by atoms with Crippen LogP contribution in [0.1, 0.15) is 0 Å². The topological polar surface area (TPSA) is 80.1 Å². The van der Waals surface area contributed by atoms with E-state index in [1.807, 2.05) is 6.26 Å². The van der Waals surface area contributed by atoms with Crippen LogP contribution < -0.4 is 11.1 Å². The highest BCUT2D eigenvalue weighted by Crippen LogP contribution is 2.16. The molecule has 0 saturated heterocycles. The van der Waals surface area contributed by atoms with Gasteiger partial charge in [-0.05, 0) is 18.4 Å². The van der Waals surface area contributed by atoms with Crippen molar-refractivity contribution in [3.8, 4) is 0 Å². The molecular formula is C15H10N4O2S. The molecule has 0 unspecified atom stereocenters. The number of rotatable bonds is 1. The standard InChI is InChI=1S/C15H10N4O2S/c1-22-15-16-7-9-10(17-15)6-12-18-13(20)8-4-2-3-5-11(8)19(12)14(9)21/h2-7H,1H3,(H,18,20). The summed E-state index contributed by atoms with van der Waals surface area (Å²) in [6.45, 7) is 0. The van der Waals surface area contributed by atoms with E-state index >= 15 is 0 Å². The van der Waals surface area contributed by atoms with Crippen molar-refractivity contribution in [2.75, 3.05) is 6.26 Å². The summed E-state index contributed by atoms with van der Waals surface area (Å²) >= 11 is 1.40. The van der Waals surface area contributed by atoms with Crippen LogP contribution in [0, 0.1) is 0 Å². The third kappa shape index (κ3) is 1.75. The maximum atomic E-state index is 12.8. The fourth-order valence-corrected chi connectivity index (χ4v) is 2.90. The molecule has 6 nitrogen and oxygen atoms in total. The fourth-order valence-electron chi connectivity index (χ4n) is 2.55. The Hall–Kier alpha value is -2.67. The van der Waals surface area contributed by atoms with Gasteiger partial charge in [-0.2, -0.15) is 0 Å². The van der Waals surface area contributed by atoms with Crippen molar-refractivity contribution in [1.29, 1.82) is 0 Å². The lowest BCUT2D eigenvalue weighted by molar-refractivity contribution is 0.995. The molecule has 0 aliphatic rings. The molecule has 0 spiro atoms. The van der Waals surface area contributed by atoms with Gasteiger partial charge in [-0.25, -0.2) is 9.97 Å². The highest BCUT2D eigenvalue weighted by molar-refractivity contribution is 7.98. The largest absolute Gasteiger partial charge is 0.307 e. The average molecular weight is 310 g/mol. The second-order valence-electron chi connectivity index (χ2n) is 4.80. The van der Waals surface area contributed by atoms with Crippen molar-refractivity contribution >= 4 is 39.2 Å². The van der Waals surface area contributed by atoms with E-state index in [0.717, 1.165) is 0 Å². The molecule has 1 aromatic carbocycles. The molecule has 108 valence electrons. The van der Waals surface area contributed by atoms with Gasteiger partial charge >= 0.3 is 0 Å². The second kappa shape index (κ2) is 4.67. The summed E-state index contributed by atoms with van der Waals surface area (Å²) in [6, 6.07) is 8.71. The lowest BCUT2D eigenvalue weighted by atomic mass is 10.2. The van der Waals surface area contributed by atoms with E-state index in [-0.39, 0.29) is 11.1 Å². The molecule has 22 heavy (non-hydrogen) atoms. The van der Waals surface area contributed by atoms with Crippen LogP contribution in [0.3, 0.4) is 0 Å². The highest BCUT2D eigenvalue weighted by atomic mass is 32.2. The monoisotopic (exact) mass is 310 g/mol. The predicted octanol–water partition coefficient (Wildman–Crippen LogP) is 1.81. The summed E-state index contributed by atoms with van der Waals surface area (Å²) < 4.78 is 1.49. The van der Waals surface area contributed by atoms with Crippen LogP contribution in [0.25, 0.3) is 27.5 Å². The Kier molecular flexibility index (Phi) is 2.77. The first-order valence-corrected chi connectivity index (χ1v) is 7.79. The quantitative estimate of drug-likeness (QED) is 0.251. The smallest absolute Gasteiger partial charge is 0.267 e. The number of pyridine rings is 1. The molecule has 4 aromatic rings. The first kappa shape index (κ1) is 13.0. The molecule has 0 aliphatic carbocycles. The lowest BCUT2D eigenvalue weighted by Gasteiger charge is -2.07. The van der Waals surface area contributed by atoms with E-state index in [2.05, 4.69) is 15.0 Å². The number of nitrogens with one attached hydrogen (secondary N) is 1. The molecule has 0 saturated carbocycles. The SMILES string of the molecule is CSc1ncc2c(=O)n3c(cc2n1)[nH]c(=O)c1ccccc13. The van der Waals surface area contributed by atoms with Crippen LogP contribution in [-0.4, -0.2) is 25.6 Å². The zero-order valence-corrected chi connectivity index (χ0v) is 12.3. The third-order valence-electron chi connectivity index (χ3n) is 3.56. The van der Waals surface area contributed by atoms with Crippen molar-refractivity contribution in [2.24, 2.45) is 0 Å². The first-order chi connectivity index (χ1) is 10.7. The van der Waals surface area contributed by atoms with Crippen molar-refractivity contribution < 1.29 is 0 Å². The molecule has 4 rings (SSSR count). The Morgan fingerprint density at radius 3 is 2.82 bits per heavy atom. The number of aromatic nitrogens is 4. The third-order valence-corrected chi connectivity index (χ3v) is 4.12. The van der Waals surface area contributed by atoms with Crippen LogP contribution in [-0.2, 0) is 0 Å². The summed E-state index contributed by atoms with van der Waals surface area (Å²) in [7, 11) is 0. The van der Waals surface area contributed by atoms with Crippen LogP contribution in [0.5, 0.6) is 0 Å². The maximum Gasteiger partial charge on any atom is 0.267 e. The minimum absolute atomic E-state index is 0.228. The number of thioether (sulfide) groups is 1. The lowest BCUT2D eigenvalue weighted by Crippen LogP contribution is -2.20. The van der Waals surface area contributed by atoms with E-state index in [0.29, 0.717) is 32.6 Å². The van der Waals surface area contributed by atoms with Crippen molar-refractivity contribution in [3.05, 3.63) is 57.2 Å². The number of para-hydroxylation sites is 1. The average Bonchev–Trinajstić information content (AvgIpc) is 2.54. The molecule has 0 bridgehead atoms. The molecule has 0 radical (unpaired) electrons. The Bertz CT molecular complexity index is 1160. The number of hydrogen-bond donors (Lipinski definition) is 1. The summed E-state index contributed by atoms with van der Waals surface area (Å²) in [5, 5.41) is 1.48. The molecule has 0 atom stereocenters. The molecule has 0 fully saturated rings. The predicted molar refractivity (Wildman–Crippen MR) is 86.7 cm³/mol. The minimum atomic E-state index is -0.243. The second-order valence-corrected chi connectivity index (χ2v) is 5.57.